The molecular weight excluding hydrogens is 372 g/mol. The van der Waals surface area contributed by atoms with Crippen molar-refractivity contribution in [3.63, 3.8) is 0 Å². The molecule has 0 radical (unpaired) electrons. The van der Waals surface area contributed by atoms with E-state index in [1.807, 2.05) is 25.4 Å². The molecule has 30 heavy (non-hydrogen) atoms. The van der Waals surface area contributed by atoms with E-state index in [2.05, 4.69) is 78.5 Å². The number of aromatic nitrogens is 4. The zero-order valence-corrected chi connectivity index (χ0v) is 17.1. The van der Waals surface area contributed by atoms with Crippen LogP contribution in [-0.4, -0.2) is 46.3 Å². The highest BCUT2D eigenvalue weighted by atomic mass is 15.3. The molecule has 1 fully saturated rings. The van der Waals surface area contributed by atoms with E-state index >= 15 is 0 Å². The molecule has 0 amide bonds. The average Bonchev–Trinajstić information content (AvgIpc) is 2.81. The molecule has 0 saturated carbocycles. The van der Waals surface area contributed by atoms with E-state index in [-0.39, 0.29) is 0 Å². The molecule has 150 valence electrons. The zero-order chi connectivity index (χ0) is 20.3. The van der Waals surface area contributed by atoms with Crippen molar-refractivity contribution in [2.24, 2.45) is 0 Å². The van der Waals surface area contributed by atoms with Crippen LogP contribution in [0.5, 0.6) is 0 Å². The third-order valence-electron chi connectivity index (χ3n) is 5.59. The average molecular weight is 396 g/mol. The summed E-state index contributed by atoms with van der Waals surface area (Å²) in [5.41, 5.74) is 3.35. The molecule has 2 aromatic heterocycles. The molecule has 0 unspecified atom stereocenters. The summed E-state index contributed by atoms with van der Waals surface area (Å²) in [5, 5.41) is 11.6. The monoisotopic (exact) mass is 396 g/mol. The summed E-state index contributed by atoms with van der Waals surface area (Å²) >= 11 is 0. The lowest BCUT2D eigenvalue weighted by molar-refractivity contribution is 0.632. The van der Waals surface area contributed by atoms with E-state index in [4.69, 9.17) is 0 Å². The first-order valence-electron chi connectivity index (χ1n) is 10.3. The van der Waals surface area contributed by atoms with Gasteiger partial charge < -0.3 is 9.80 Å². The molecule has 6 heteroatoms. The number of fused-ring (bicyclic) bond motifs is 1. The van der Waals surface area contributed by atoms with Crippen molar-refractivity contribution in [3.05, 3.63) is 83.8 Å². The summed E-state index contributed by atoms with van der Waals surface area (Å²) in [6.45, 7) is 5.48. The number of rotatable bonds is 4. The molecule has 0 atom stereocenters. The van der Waals surface area contributed by atoms with Gasteiger partial charge in [-0.15, -0.1) is 5.10 Å². The molecule has 0 N–H and O–H groups in total. The van der Waals surface area contributed by atoms with Gasteiger partial charge >= 0.3 is 0 Å². The molecule has 3 heterocycles. The zero-order valence-electron chi connectivity index (χ0n) is 17.1. The fourth-order valence-electron chi connectivity index (χ4n) is 3.97. The van der Waals surface area contributed by atoms with Gasteiger partial charge in [-0.1, -0.05) is 54.6 Å². The smallest absolute Gasteiger partial charge is 0.225 e. The summed E-state index contributed by atoms with van der Waals surface area (Å²) < 4.78 is 0. The van der Waals surface area contributed by atoms with Crippen LogP contribution in [-0.2, 0) is 6.42 Å². The van der Waals surface area contributed by atoms with Gasteiger partial charge in [0, 0.05) is 55.8 Å². The molecule has 4 aromatic rings. The fourth-order valence-corrected chi connectivity index (χ4v) is 3.97. The van der Waals surface area contributed by atoms with Crippen molar-refractivity contribution in [2.45, 2.75) is 13.3 Å². The van der Waals surface area contributed by atoms with Gasteiger partial charge in [-0.25, -0.2) is 9.97 Å². The highest BCUT2D eigenvalue weighted by molar-refractivity contribution is 5.93. The lowest BCUT2D eigenvalue weighted by Crippen LogP contribution is -2.47. The predicted octanol–water partition coefficient (Wildman–Crippen LogP) is 3.65. The minimum absolute atomic E-state index is 0.785. The Bertz CT molecular complexity index is 1140. The van der Waals surface area contributed by atoms with Crippen molar-refractivity contribution in [1.82, 2.24) is 20.2 Å². The highest BCUT2D eigenvalue weighted by Gasteiger charge is 2.22. The second kappa shape index (κ2) is 8.06. The third-order valence-corrected chi connectivity index (χ3v) is 5.59. The summed E-state index contributed by atoms with van der Waals surface area (Å²) in [4.78, 5) is 13.5. The van der Waals surface area contributed by atoms with Crippen LogP contribution in [0.15, 0.2) is 67.0 Å². The van der Waals surface area contributed by atoms with Crippen LogP contribution in [0.4, 0.5) is 11.8 Å². The summed E-state index contributed by atoms with van der Waals surface area (Å²) in [6, 6.07) is 18.9. The van der Waals surface area contributed by atoms with Crippen molar-refractivity contribution < 1.29 is 0 Å². The quantitative estimate of drug-likeness (QED) is 0.525. The van der Waals surface area contributed by atoms with Crippen molar-refractivity contribution in [3.8, 4) is 0 Å². The maximum atomic E-state index is 4.66. The van der Waals surface area contributed by atoms with Gasteiger partial charge in [0.2, 0.25) is 5.95 Å². The van der Waals surface area contributed by atoms with Crippen LogP contribution < -0.4 is 9.80 Å². The molecule has 6 nitrogen and oxygen atoms in total. The van der Waals surface area contributed by atoms with E-state index in [1.165, 1.54) is 16.3 Å². The van der Waals surface area contributed by atoms with Crippen LogP contribution in [0.25, 0.3) is 10.8 Å². The molecule has 1 aliphatic rings. The van der Waals surface area contributed by atoms with Gasteiger partial charge in [0.05, 0.1) is 5.69 Å². The van der Waals surface area contributed by atoms with Crippen LogP contribution in [0.2, 0.25) is 0 Å². The Morgan fingerprint density at radius 1 is 0.733 bits per heavy atom. The standard InChI is InChI=1S/C24H24N6/c1-18-16-25-24(26-17-18)30-13-11-29(12-14-30)23-21-10-6-5-9-20(21)22(27-28-23)15-19-7-3-2-4-8-19/h2-10,16-17H,11-15H2,1H3. The van der Waals surface area contributed by atoms with E-state index in [0.717, 1.165) is 55.6 Å². The second-order valence-electron chi connectivity index (χ2n) is 7.71. The number of nitrogens with zero attached hydrogens (tertiary/aromatic N) is 6. The predicted molar refractivity (Wildman–Crippen MR) is 120 cm³/mol. The maximum absolute atomic E-state index is 4.66. The minimum atomic E-state index is 0.785. The number of hydrogen-bond acceptors (Lipinski definition) is 6. The number of piperazine rings is 1. The van der Waals surface area contributed by atoms with Gasteiger partial charge in [-0.3, -0.25) is 0 Å². The molecule has 5 rings (SSSR count). The van der Waals surface area contributed by atoms with Crippen molar-refractivity contribution >= 4 is 22.5 Å². The number of anilines is 2. The number of aryl methyl sites for hydroxylation is 1. The lowest BCUT2D eigenvalue weighted by Gasteiger charge is -2.35. The summed E-state index contributed by atoms with van der Waals surface area (Å²) in [7, 11) is 0. The maximum Gasteiger partial charge on any atom is 0.225 e. The molecule has 0 spiro atoms. The Labute approximate surface area is 176 Å². The third kappa shape index (κ3) is 3.68. The first kappa shape index (κ1) is 18.5. The van der Waals surface area contributed by atoms with Gasteiger partial charge in [0.1, 0.15) is 0 Å². The van der Waals surface area contributed by atoms with Crippen LogP contribution in [0.3, 0.4) is 0 Å². The van der Waals surface area contributed by atoms with Gasteiger partial charge in [-0.05, 0) is 18.1 Å². The first-order valence-corrected chi connectivity index (χ1v) is 10.3. The Hall–Kier alpha value is -3.54. The lowest BCUT2D eigenvalue weighted by atomic mass is 10.0. The van der Waals surface area contributed by atoms with E-state index in [0.29, 0.717) is 0 Å². The van der Waals surface area contributed by atoms with Crippen molar-refractivity contribution in [2.75, 3.05) is 36.0 Å². The molecule has 1 aliphatic heterocycles. The molecular formula is C24H24N6. The van der Waals surface area contributed by atoms with Gasteiger partial charge in [0.25, 0.3) is 0 Å². The van der Waals surface area contributed by atoms with E-state index in [9.17, 15) is 0 Å². The van der Waals surface area contributed by atoms with Gasteiger partial charge in [-0.2, -0.15) is 5.10 Å². The molecule has 0 bridgehead atoms. The van der Waals surface area contributed by atoms with Crippen LogP contribution in [0.1, 0.15) is 16.8 Å². The first-order chi connectivity index (χ1) is 14.8. The topological polar surface area (TPSA) is 58.0 Å². The Balaban J connectivity index is 1.39. The molecule has 1 saturated heterocycles. The number of hydrogen-bond donors (Lipinski definition) is 0. The Morgan fingerprint density at radius 2 is 1.37 bits per heavy atom. The largest absolute Gasteiger partial charge is 0.351 e. The summed E-state index contributed by atoms with van der Waals surface area (Å²) in [6.07, 6.45) is 4.53. The van der Waals surface area contributed by atoms with Crippen LogP contribution >= 0.6 is 0 Å². The Kier molecular flexibility index (Phi) is 4.97. The highest BCUT2D eigenvalue weighted by Crippen LogP contribution is 2.28. The van der Waals surface area contributed by atoms with Gasteiger partial charge in [0.15, 0.2) is 5.82 Å². The Morgan fingerprint density at radius 3 is 2.10 bits per heavy atom. The SMILES string of the molecule is Cc1cnc(N2CCN(c3nnc(Cc4ccccc4)c4ccccc34)CC2)nc1. The van der Waals surface area contributed by atoms with E-state index < -0.39 is 0 Å². The second-order valence-corrected chi connectivity index (χ2v) is 7.71. The number of benzene rings is 2. The van der Waals surface area contributed by atoms with E-state index in [1.54, 1.807) is 0 Å². The molecule has 2 aromatic carbocycles. The van der Waals surface area contributed by atoms with Crippen LogP contribution in [0, 0.1) is 6.92 Å². The summed E-state index contributed by atoms with van der Waals surface area (Å²) in [5.74, 6) is 1.77. The van der Waals surface area contributed by atoms with Crippen molar-refractivity contribution in [1.29, 1.82) is 0 Å². The fraction of sp³-hybridized carbons (Fsp3) is 0.250. The normalized spacial score (nSPS) is 14.3. The minimum Gasteiger partial charge on any atom is -0.351 e. The molecule has 0 aliphatic carbocycles.